The van der Waals surface area contributed by atoms with Crippen LogP contribution in [0.4, 0.5) is 5.82 Å². The lowest BCUT2D eigenvalue weighted by atomic mass is 10.2. The van der Waals surface area contributed by atoms with Crippen molar-refractivity contribution < 1.29 is 0 Å². The molecule has 0 aromatic carbocycles. The summed E-state index contributed by atoms with van der Waals surface area (Å²) in [5.41, 5.74) is 7.82. The number of nitrogens with zero attached hydrogens (tertiary/aromatic N) is 4. The molecule has 5 heteroatoms. The fourth-order valence-electron chi connectivity index (χ4n) is 2.46. The Labute approximate surface area is 124 Å². The molecule has 2 N–H and O–H groups in total. The fourth-order valence-corrected chi connectivity index (χ4v) is 2.46. The third-order valence-electron chi connectivity index (χ3n) is 3.46. The molecule has 3 heterocycles. The number of pyridine rings is 2. The molecule has 5 nitrogen and oxygen atoms in total. The van der Waals surface area contributed by atoms with Gasteiger partial charge in [-0.15, -0.1) is 0 Å². The molecule has 3 aromatic rings. The van der Waals surface area contributed by atoms with Gasteiger partial charge in [-0.2, -0.15) is 0 Å². The Balaban J connectivity index is 1.93. The Bertz CT molecular complexity index is 692. The predicted octanol–water partition coefficient (Wildman–Crippen LogP) is 2.08. The maximum absolute atomic E-state index is 5.68. The van der Waals surface area contributed by atoms with Crippen LogP contribution in [0.25, 0.3) is 5.65 Å². The zero-order valence-electron chi connectivity index (χ0n) is 11.9. The van der Waals surface area contributed by atoms with Crippen LogP contribution in [-0.4, -0.2) is 27.5 Å². The Kier molecular flexibility index (Phi) is 4.12. The lowest BCUT2D eigenvalue weighted by Crippen LogP contribution is -2.27. The van der Waals surface area contributed by atoms with Gasteiger partial charge >= 0.3 is 0 Å². The van der Waals surface area contributed by atoms with Crippen molar-refractivity contribution in [2.24, 2.45) is 5.73 Å². The van der Waals surface area contributed by atoms with E-state index in [0.717, 1.165) is 31.0 Å². The van der Waals surface area contributed by atoms with Crippen molar-refractivity contribution in [3.63, 3.8) is 0 Å². The molecule has 0 aliphatic heterocycles. The molecule has 0 saturated carbocycles. The van der Waals surface area contributed by atoms with Gasteiger partial charge in [0.15, 0.2) is 0 Å². The van der Waals surface area contributed by atoms with E-state index < -0.39 is 0 Å². The highest BCUT2D eigenvalue weighted by Gasteiger charge is 2.10. The standard InChI is InChI=1S/C16H19N5/c17-7-3-10-20(13-14-4-2-8-18-12-14)16-6-1-5-15-19-9-11-21(15)16/h1-2,4-6,8-9,11-12H,3,7,10,13,17H2. The van der Waals surface area contributed by atoms with E-state index in [1.807, 2.05) is 36.8 Å². The van der Waals surface area contributed by atoms with E-state index in [2.05, 4.69) is 31.4 Å². The number of anilines is 1. The summed E-state index contributed by atoms with van der Waals surface area (Å²) in [5.74, 6) is 1.13. The van der Waals surface area contributed by atoms with E-state index in [9.17, 15) is 0 Å². The molecule has 0 bridgehead atoms. The molecule has 0 saturated heterocycles. The average molecular weight is 281 g/mol. The van der Waals surface area contributed by atoms with Gasteiger partial charge in [-0.3, -0.25) is 9.38 Å². The number of nitrogens with two attached hydrogens (primary N) is 1. The number of hydrogen-bond acceptors (Lipinski definition) is 4. The molecule has 0 spiro atoms. The number of aromatic nitrogens is 3. The molecule has 0 aliphatic rings. The van der Waals surface area contributed by atoms with Crippen LogP contribution < -0.4 is 10.6 Å². The number of hydrogen-bond donors (Lipinski definition) is 1. The van der Waals surface area contributed by atoms with Gasteiger partial charge in [0.1, 0.15) is 11.5 Å². The van der Waals surface area contributed by atoms with Gasteiger partial charge in [0.25, 0.3) is 0 Å². The highest BCUT2D eigenvalue weighted by atomic mass is 15.2. The first-order valence-corrected chi connectivity index (χ1v) is 7.14. The van der Waals surface area contributed by atoms with E-state index in [0.29, 0.717) is 6.54 Å². The molecule has 108 valence electrons. The van der Waals surface area contributed by atoms with E-state index in [1.54, 1.807) is 6.20 Å². The number of fused-ring (bicyclic) bond motifs is 1. The van der Waals surface area contributed by atoms with E-state index >= 15 is 0 Å². The zero-order valence-corrected chi connectivity index (χ0v) is 11.9. The Morgan fingerprint density at radius 2 is 2.10 bits per heavy atom. The van der Waals surface area contributed by atoms with Crippen LogP contribution in [0.15, 0.2) is 55.1 Å². The molecule has 3 aromatic heterocycles. The Morgan fingerprint density at radius 3 is 2.90 bits per heavy atom. The SMILES string of the molecule is NCCCN(Cc1cccnc1)c1cccc2nccn12. The minimum Gasteiger partial charge on any atom is -0.353 e. The smallest absolute Gasteiger partial charge is 0.138 e. The summed E-state index contributed by atoms with van der Waals surface area (Å²) in [5, 5.41) is 0. The van der Waals surface area contributed by atoms with E-state index in [-0.39, 0.29) is 0 Å². The number of imidazole rings is 1. The quantitative estimate of drug-likeness (QED) is 0.751. The molecule has 0 atom stereocenters. The monoisotopic (exact) mass is 281 g/mol. The first-order valence-electron chi connectivity index (χ1n) is 7.14. The van der Waals surface area contributed by atoms with Crippen LogP contribution in [-0.2, 0) is 6.54 Å². The van der Waals surface area contributed by atoms with Crippen LogP contribution in [0.5, 0.6) is 0 Å². The summed E-state index contributed by atoms with van der Waals surface area (Å²) in [7, 11) is 0. The molecule has 0 radical (unpaired) electrons. The average Bonchev–Trinajstić information content (AvgIpc) is 3.01. The fraction of sp³-hybridized carbons (Fsp3) is 0.250. The molecular formula is C16H19N5. The Morgan fingerprint density at radius 1 is 1.14 bits per heavy atom. The zero-order chi connectivity index (χ0) is 14.5. The predicted molar refractivity (Wildman–Crippen MR) is 84.2 cm³/mol. The van der Waals surface area contributed by atoms with Crippen molar-refractivity contribution in [1.82, 2.24) is 14.4 Å². The first-order chi connectivity index (χ1) is 10.4. The third kappa shape index (κ3) is 3.03. The lowest BCUT2D eigenvalue weighted by Gasteiger charge is -2.25. The maximum atomic E-state index is 5.68. The highest BCUT2D eigenvalue weighted by molar-refractivity contribution is 5.51. The van der Waals surface area contributed by atoms with Gasteiger partial charge in [0, 0.05) is 37.9 Å². The first kappa shape index (κ1) is 13.6. The minimum absolute atomic E-state index is 0.684. The van der Waals surface area contributed by atoms with Crippen molar-refractivity contribution in [3.05, 3.63) is 60.7 Å². The van der Waals surface area contributed by atoms with Gasteiger partial charge in [0.05, 0.1) is 0 Å². The normalized spacial score (nSPS) is 10.9. The van der Waals surface area contributed by atoms with Crippen molar-refractivity contribution in [2.45, 2.75) is 13.0 Å². The molecule has 0 aliphatic carbocycles. The largest absolute Gasteiger partial charge is 0.353 e. The summed E-state index contributed by atoms with van der Waals surface area (Å²) in [6.07, 6.45) is 8.46. The van der Waals surface area contributed by atoms with Gasteiger partial charge in [-0.1, -0.05) is 12.1 Å². The van der Waals surface area contributed by atoms with E-state index in [1.165, 1.54) is 5.56 Å². The molecule has 21 heavy (non-hydrogen) atoms. The minimum atomic E-state index is 0.684. The summed E-state index contributed by atoms with van der Waals surface area (Å²) < 4.78 is 2.10. The lowest BCUT2D eigenvalue weighted by molar-refractivity contribution is 0.720. The van der Waals surface area contributed by atoms with Gasteiger partial charge in [0.2, 0.25) is 0 Å². The summed E-state index contributed by atoms with van der Waals surface area (Å²) in [6, 6.07) is 10.2. The second-order valence-corrected chi connectivity index (χ2v) is 4.96. The van der Waals surface area contributed by atoms with Crippen LogP contribution >= 0.6 is 0 Å². The van der Waals surface area contributed by atoms with Crippen LogP contribution in [0.1, 0.15) is 12.0 Å². The number of rotatable bonds is 6. The van der Waals surface area contributed by atoms with Crippen molar-refractivity contribution in [1.29, 1.82) is 0 Å². The van der Waals surface area contributed by atoms with Gasteiger partial charge < -0.3 is 10.6 Å². The van der Waals surface area contributed by atoms with E-state index in [4.69, 9.17) is 5.73 Å². The molecule has 3 rings (SSSR count). The summed E-state index contributed by atoms with van der Waals surface area (Å²) in [4.78, 5) is 10.9. The van der Waals surface area contributed by atoms with Crippen LogP contribution in [0.2, 0.25) is 0 Å². The highest BCUT2D eigenvalue weighted by Crippen LogP contribution is 2.19. The summed E-state index contributed by atoms with van der Waals surface area (Å²) >= 11 is 0. The van der Waals surface area contributed by atoms with Crippen LogP contribution in [0, 0.1) is 0 Å². The Hall–Kier alpha value is -2.40. The van der Waals surface area contributed by atoms with Crippen molar-refractivity contribution >= 4 is 11.5 Å². The van der Waals surface area contributed by atoms with Crippen molar-refractivity contribution in [2.75, 3.05) is 18.0 Å². The van der Waals surface area contributed by atoms with Crippen molar-refractivity contribution in [3.8, 4) is 0 Å². The molecule has 0 fully saturated rings. The van der Waals surface area contributed by atoms with Gasteiger partial charge in [-0.25, -0.2) is 4.98 Å². The third-order valence-corrected chi connectivity index (χ3v) is 3.46. The summed E-state index contributed by atoms with van der Waals surface area (Å²) in [6.45, 7) is 2.40. The molecule has 0 unspecified atom stereocenters. The van der Waals surface area contributed by atoms with Gasteiger partial charge in [-0.05, 0) is 36.7 Å². The second kappa shape index (κ2) is 6.37. The molecule has 0 amide bonds. The van der Waals surface area contributed by atoms with Crippen LogP contribution in [0.3, 0.4) is 0 Å². The second-order valence-electron chi connectivity index (χ2n) is 4.96. The topological polar surface area (TPSA) is 59.5 Å². The maximum Gasteiger partial charge on any atom is 0.138 e. The molecular weight excluding hydrogens is 262 g/mol.